The van der Waals surface area contributed by atoms with Crippen LogP contribution in [0.5, 0.6) is 0 Å². The van der Waals surface area contributed by atoms with Gasteiger partial charge in [-0.1, -0.05) is 38.5 Å². The number of fused-ring (bicyclic) bond motifs is 2. The maximum atomic E-state index is 13.1. The number of rotatable bonds is 11. The Morgan fingerprint density at radius 1 is 0.935 bits per heavy atom. The van der Waals surface area contributed by atoms with Gasteiger partial charge >= 0.3 is 12.0 Å². The van der Waals surface area contributed by atoms with Crippen LogP contribution in [0.2, 0.25) is 0 Å². The lowest BCUT2D eigenvalue weighted by Crippen LogP contribution is -2.55. The highest BCUT2D eigenvalue weighted by Gasteiger charge is 2.41. The van der Waals surface area contributed by atoms with Gasteiger partial charge in [-0.05, 0) is 69.2 Å². The second kappa shape index (κ2) is 11.7. The predicted octanol–water partition coefficient (Wildman–Crippen LogP) is 2.51. The van der Waals surface area contributed by atoms with Crippen LogP contribution >= 0.6 is 0 Å². The number of aliphatic carboxylic acids is 1. The molecular formula is C23H40N4O4. The summed E-state index contributed by atoms with van der Waals surface area (Å²) in [6.45, 7) is 0.491. The van der Waals surface area contributed by atoms with E-state index in [1.807, 2.05) is 0 Å². The average molecular weight is 437 g/mol. The van der Waals surface area contributed by atoms with E-state index in [9.17, 15) is 19.5 Å². The summed E-state index contributed by atoms with van der Waals surface area (Å²) in [7, 11) is 0. The van der Waals surface area contributed by atoms with Crippen LogP contribution in [0.1, 0.15) is 83.5 Å². The molecule has 3 saturated carbocycles. The Kier molecular flexibility index (Phi) is 8.99. The fraction of sp³-hybridized carbons (Fsp3) is 0.870. The van der Waals surface area contributed by atoms with Crippen molar-refractivity contribution in [2.24, 2.45) is 23.5 Å². The van der Waals surface area contributed by atoms with E-state index in [2.05, 4.69) is 16.0 Å². The Morgan fingerprint density at radius 2 is 1.68 bits per heavy atom. The summed E-state index contributed by atoms with van der Waals surface area (Å²) >= 11 is 0. The van der Waals surface area contributed by atoms with E-state index in [-0.39, 0.29) is 11.9 Å². The van der Waals surface area contributed by atoms with Crippen molar-refractivity contribution in [2.75, 3.05) is 6.54 Å². The molecule has 0 aromatic heterocycles. The number of carboxylic acid groups (broad SMARTS) is 1. The van der Waals surface area contributed by atoms with E-state index in [0.717, 1.165) is 25.2 Å². The number of hydrogen-bond donors (Lipinski definition) is 5. The van der Waals surface area contributed by atoms with Gasteiger partial charge in [0.25, 0.3) is 0 Å². The summed E-state index contributed by atoms with van der Waals surface area (Å²) in [5, 5.41) is 18.0. The summed E-state index contributed by atoms with van der Waals surface area (Å²) in [5.41, 5.74) is 5.48. The molecule has 0 aromatic rings. The molecule has 0 spiro atoms. The van der Waals surface area contributed by atoms with Crippen LogP contribution in [0.4, 0.5) is 4.79 Å². The number of urea groups is 1. The standard InChI is InChI=1S/C23H40N4O4/c24-11-5-4-8-18(22(29)30)26-23(31)27-20(13-15-6-2-1-3-7-15)21(28)25-19-14-16-9-10-17(19)12-16/h15-20H,1-14,24H2,(H,25,28)(H,29,30)(H2,26,27,31)/t16?,17?,18-,19+,20?/m0/s1. The van der Waals surface area contributed by atoms with Crippen molar-refractivity contribution in [1.29, 1.82) is 0 Å². The lowest BCUT2D eigenvalue weighted by Gasteiger charge is -2.29. The second-order valence-electron chi connectivity index (χ2n) is 9.88. The number of unbranched alkanes of at least 4 members (excludes halogenated alkanes) is 1. The molecule has 5 atom stereocenters. The minimum Gasteiger partial charge on any atom is -0.480 e. The van der Waals surface area contributed by atoms with Gasteiger partial charge in [-0.25, -0.2) is 9.59 Å². The van der Waals surface area contributed by atoms with Crippen LogP contribution in [-0.2, 0) is 9.59 Å². The van der Waals surface area contributed by atoms with Gasteiger partial charge in [-0.15, -0.1) is 0 Å². The summed E-state index contributed by atoms with van der Waals surface area (Å²) in [6, 6.07) is -1.96. The Balaban J connectivity index is 1.57. The van der Waals surface area contributed by atoms with E-state index in [1.54, 1.807) is 0 Å². The maximum absolute atomic E-state index is 13.1. The zero-order valence-electron chi connectivity index (χ0n) is 18.6. The Labute approximate surface area is 185 Å². The van der Waals surface area contributed by atoms with Crippen molar-refractivity contribution in [2.45, 2.75) is 102 Å². The van der Waals surface area contributed by atoms with Crippen LogP contribution in [0, 0.1) is 17.8 Å². The molecule has 0 saturated heterocycles. The lowest BCUT2D eigenvalue weighted by atomic mass is 9.84. The molecule has 6 N–H and O–H groups in total. The highest BCUT2D eigenvalue weighted by molar-refractivity contribution is 5.89. The van der Waals surface area contributed by atoms with Crippen LogP contribution in [0.25, 0.3) is 0 Å². The fourth-order valence-corrected chi connectivity index (χ4v) is 5.80. The molecule has 8 nitrogen and oxygen atoms in total. The van der Waals surface area contributed by atoms with Gasteiger partial charge in [0.05, 0.1) is 0 Å². The second-order valence-corrected chi connectivity index (χ2v) is 9.88. The molecule has 8 heteroatoms. The van der Waals surface area contributed by atoms with Gasteiger partial charge < -0.3 is 26.8 Å². The quantitative estimate of drug-likeness (QED) is 0.317. The molecule has 3 amide bonds. The molecule has 3 aliphatic carbocycles. The molecule has 3 aliphatic rings. The van der Waals surface area contributed by atoms with Crippen molar-refractivity contribution in [3.8, 4) is 0 Å². The van der Waals surface area contributed by atoms with E-state index < -0.39 is 24.1 Å². The van der Waals surface area contributed by atoms with E-state index in [1.165, 1.54) is 38.5 Å². The SMILES string of the molecule is NCCCC[C@H](NC(=O)NC(CC1CCCCC1)C(=O)N[C@@H]1CC2CCC1C2)C(=O)O. The third kappa shape index (κ3) is 7.09. The highest BCUT2D eigenvalue weighted by Crippen LogP contribution is 2.44. The first kappa shape index (κ1) is 23.8. The van der Waals surface area contributed by atoms with E-state index in [0.29, 0.717) is 44.1 Å². The van der Waals surface area contributed by atoms with E-state index in [4.69, 9.17) is 5.73 Å². The van der Waals surface area contributed by atoms with Gasteiger partial charge in [0.15, 0.2) is 0 Å². The maximum Gasteiger partial charge on any atom is 0.326 e. The Hall–Kier alpha value is -1.83. The minimum absolute atomic E-state index is 0.117. The molecule has 176 valence electrons. The number of amides is 3. The normalized spacial score (nSPS) is 27.5. The first-order valence-electron chi connectivity index (χ1n) is 12.3. The summed E-state index contributed by atoms with van der Waals surface area (Å²) in [6.07, 6.45) is 12.7. The monoisotopic (exact) mass is 436 g/mol. The van der Waals surface area contributed by atoms with Crippen LogP contribution in [0.3, 0.4) is 0 Å². The van der Waals surface area contributed by atoms with Crippen LogP contribution in [0.15, 0.2) is 0 Å². The third-order valence-corrected chi connectivity index (χ3v) is 7.53. The smallest absolute Gasteiger partial charge is 0.326 e. The number of carboxylic acids is 1. The first-order valence-corrected chi connectivity index (χ1v) is 12.3. The molecule has 0 radical (unpaired) electrons. The molecule has 0 heterocycles. The number of nitrogens with one attached hydrogen (secondary N) is 3. The summed E-state index contributed by atoms with van der Waals surface area (Å²) < 4.78 is 0. The highest BCUT2D eigenvalue weighted by atomic mass is 16.4. The van der Waals surface area contributed by atoms with Gasteiger partial charge in [-0.3, -0.25) is 4.79 Å². The fourth-order valence-electron chi connectivity index (χ4n) is 5.80. The van der Waals surface area contributed by atoms with Gasteiger partial charge in [0.2, 0.25) is 5.91 Å². The molecule has 0 aliphatic heterocycles. The van der Waals surface area contributed by atoms with Crippen LogP contribution < -0.4 is 21.7 Å². The first-order chi connectivity index (χ1) is 15.0. The zero-order chi connectivity index (χ0) is 22.2. The Bertz CT molecular complexity index is 623. The van der Waals surface area contributed by atoms with Gasteiger partial charge in [-0.2, -0.15) is 0 Å². The number of hydrogen-bond acceptors (Lipinski definition) is 4. The molecule has 0 aromatic carbocycles. The van der Waals surface area contributed by atoms with Crippen molar-refractivity contribution < 1.29 is 19.5 Å². The minimum atomic E-state index is -1.07. The van der Waals surface area contributed by atoms with Crippen LogP contribution in [-0.4, -0.2) is 47.7 Å². The van der Waals surface area contributed by atoms with Crippen molar-refractivity contribution in [3.05, 3.63) is 0 Å². The van der Waals surface area contributed by atoms with E-state index >= 15 is 0 Å². The summed E-state index contributed by atoms with van der Waals surface area (Å²) in [5.74, 6) is 0.533. The zero-order valence-corrected chi connectivity index (χ0v) is 18.6. The Morgan fingerprint density at radius 3 is 2.29 bits per heavy atom. The van der Waals surface area contributed by atoms with Crippen molar-refractivity contribution >= 4 is 17.9 Å². The predicted molar refractivity (Wildman–Crippen MR) is 118 cm³/mol. The topological polar surface area (TPSA) is 134 Å². The summed E-state index contributed by atoms with van der Waals surface area (Å²) in [4.78, 5) is 37.3. The molecule has 31 heavy (non-hydrogen) atoms. The van der Waals surface area contributed by atoms with Gasteiger partial charge in [0.1, 0.15) is 12.1 Å². The number of carbonyl (C=O) groups excluding carboxylic acids is 2. The number of nitrogens with two attached hydrogens (primary N) is 1. The van der Waals surface area contributed by atoms with Gasteiger partial charge in [0, 0.05) is 6.04 Å². The third-order valence-electron chi connectivity index (χ3n) is 7.53. The molecule has 3 fully saturated rings. The van der Waals surface area contributed by atoms with Crippen molar-refractivity contribution in [1.82, 2.24) is 16.0 Å². The lowest BCUT2D eigenvalue weighted by molar-refractivity contribution is -0.139. The average Bonchev–Trinajstić information content (AvgIpc) is 3.36. The molecule has 2 bridgehead atoms. The molecule has 3 unspecified atom stereocenters. The molecule has 3 rings (SSSR count). The number of carbonyl (C=O) groups is 3. The largest absolute Gasteiger partial charge is 0.480 e. The van der Waals surface area contributed by atoms with Crippen molar-refractivity contribution in [3.63, 3.8) is 0 Å². The molecular weight excluding hydrogens is 396 g/mol.